The van der Waals surface area contributed by atoms with Crippen LogP contribution in [0, 0.1) is 0 Å². The number of fused-ring (bicyclic) bond motifs is 5. The normalized spacial score (nSPS) is 11.4. The van der Waals surface area contributed by atoms with Gasteiger partial charge in [0.15, 0.2) is 29.2 Å². The number of benzene rings is 3. The standard InChI is InChI=1S/C19H15NO4/c1-20-9-14-11(5-6-17(24-2)19(14)23)12-4-3-10-7-15(21)16(22)8-13(10)18(12)20/h3-9H,1-2H3,(H2,21,22,23)/p+1. The first kappa shape index (κ1) is 14.4. The van der Waals surface area contributed by atoms with E-state index in [0.717, 1.165) is 27.1 Å². The third kappa shape index (κ3) is 1.84. The largest absolute Gasteiger partial charge is 0.504 e. The van der Waals surface area contributed by atoms with Crippen molar-refractivity contribution in [3.63, 3.8) is 0 Å². The van der Waals surface area contributed by atoms with Crippen molar-refractivity contribution in [3.8, 4) is 23.0 Å². The van der Waals surface area contributed by atoms with E-state index in [1.165, 1.54) is 7.11 Å². The molecule has 4 aromatic rings. The molecule has 0 atom stereocenters. The molecule has 0 aliphatic rings. The minimum Gasteiger partial charge on any atom is -0.504 e. The number of aryl methyl sites for hydroxylation is 1. The molecule has 3 N–H and O–H groups in total. The maximum atomic E-state index is 10.4. The van der Waals surface area contributed by atoms with Crippen LogP contribution in [0.3, 0.4) is 0 Å². The lowest BCUT2D eigenvalue weighted by Gasteiger charge is -2.10. The Labute approximate surface area is 137 Å². The summed E-state index contributed by atoms with van der Waals surface area (Å²) in [6.45, 7) is 0. The molecule has 0 unspecified atom stereocenters. The smallest absolute Gasteiger partial charge is 0.220 e. The summed E-state index contributed by atoms with van der Waals surface area (Å²) in [5.74, 6) is 0.215. The molecule has 120 valence electrons. The first-order chi connectivity index (χ1) is 11.5. The number of hydrogen-bond acceptors (Lipinski definition) is 4. The third-order valence-corrected chi connectivity index (χ3v) is 4.45. The molecule has 0 saturated carbocycles. The number of pyridine rings is 1. The van der Waals surface area contributed by atoms with Crippen LogP contribution in [0.2, 0.25) is 0 Å². The number of phenols is 3. The Hall–Kier alpha value is -3.21. The molecule has 5 nitrogen and oxygen atoms in total. The van der Waals surface area contributed by atoms with E-state index in [4.69, 9.17) is 4.74 Å². The van der Waals surface area contributed by atoms with Crippen LogP contribution in [0.4, 0.5) is 0 Å². The van der Waals surface area contributed by atoms with Crippen LogP contribution in [-0.4, -0.2) is 22.4 Å². The SMILES string of the molecule is COc1ccc2c(c[n+](C)c3c4cc(O)c(O)cc4ccc23)c1O. The number of phenolic OH excluding ortho intramolecular Hbond substituents is 3. The summed E-state index contributed by atoms with van der Waals surface area (Å²) in [6.07, 6.45) is 1.83. The summed E-state index contributed by atoms with van der Waals surface area (Å²) in [7, 11) is 3.40. The molecule has 0 aliphatic carbocycles. The lowest BCUT2D eigenvalue weighted by Crippen LogP contribution is -2.28. The van der Waals surface area contributed by atoms with E-state index in [2.05, 4.69) is 0 Å². The van der Waals surface area contributed by atoms with Crippen molar-refractivity contribution in [2.24, 2.45) is 7.05 Å². The van der Waals surface area contributed by atoms with Gasteiger partial charge >= 0.3 is 0 Å². The highest BCUT2D eigenvalue weighted by Gasteiger charge is 2.19. The van der Waals surface area contributed by atoms with Crippen LogP contribution in [-0.2, 0) is 7.05 Å². The Kier molecular flexibility index (Phi) is 2.93. The average molecular weight is 322 g/mol. The van der Waals surface area contributed by atoms with Gasteiger partial charge in [-0.05, 0) is 35.7 Å². The topological polar surface area (TPSA) is 73.8 Å². The fourth-order valence-electron chi connectivity index (χ4n) is 3.31. The zero-order chi connectivity index (χ0) is 17.0. The summed E-state index contributed by atoms with van der Waals surface area (Å²) in [5.41, 5.74) is 0.903. The average Bonchev–Trinajstić information content (AvgIpc) is 2.56. The van der Waals surface area contributed by atoms with Gasteiger partial charge in [-0.3, -0.25) is 0 Å². The van der Waals surface area contributed by atoms with E-state index in [-0.39, 0.29) is 17.2 Å². The molecule has 4 rings (SSSR count). The van der Waals surface area contributed by atoms with Gasteiger partial charge in [0.2, 0.25) is 5.52 Å². The lowest BCUT2D eigenvalue weighted by atomic mass is 10.00. The molecule has 0 bridgehead atoms. The summed E-state index contributed by atoms with van der Waals surface area (Å²) in [6, 6.07) is 10.6. The Morgan fingerprint density at radius 3 is 2.29 bits per heavy atom. The quantitative estimate of drug-likeness (QED) is 0.286. The predicted molar refractivity (Wildman–Crippen MR) is 91.7 cm³/mol. The number of hydrogen-bond donors (Lipinski definition) is 3. The molecule has 5 heteroatoms. The molecule has 24 heavy (non-hydrogen) atoms. The summed E-state index contributed by atoms with van der Waals surface area (Å²) >= 11 is 0. The van der Waals surface area contributed by atoms with Crippen molar-refractivity contribution in [1.82, 2.24) is 0 Å². The Morgan fingerprint density at radius 1 is 0.833 bits per heavy atom. The minimum atomic E-state index is -0.160. The second-order valence-corrected chi connectivity index (χ2v) is 5.84. The molecule has 0 fully saturated rings. The number of ether oxygens (including phenoxy) is 1. The van der Waals surface area contributed by atoms with Gasteiger partial charge in [-0.2, -0.15) is 4.57 Å². The van der Waals surface area contributed by atoms with E-state index < -0.39 is 0 Å². The van der Waals surface area contributed by atoms with Gasteiger partial charge in [-0.1, -0.05) is 6.07 Å². The van der Waals surface area contributed by atoms with Crippen molar-refractivity contribution in [3.05, 3.63) is 42.6 Å². The van der Waals surface area contributed by atoms with Gasteiger partial charge in [0, 0.05) is 5.39 Å². The van der Waals surface area contributed by atoms with Gasteiger partial charge in [0.25, 0.3) is 0 Å². The number of aromatic nitrogens is 1. The van der Waals surface area contributed by atoms with Crippen molar-refractivity contribution in [2.75, 3.05) is 7.11 Å². The lowest BCUT2D eigenvalue weighted by molar-refractivity contribution is -0.642. The number of methoxy groups -OCH3 is 1. The van der Waals surface area contributed by atoms with E-state index in [1.54, 1.807) is 18.2 Å². The molecule has 3 aromatic carbocycles. The summed E-state index contributed by atoms with van der Waals surface area (Å²) < 4.78 is 7.08. The summed E-state index contributed by atoms with van der Waals surface area (Å²) in [5, 5.41) is 34.2. The second kappa shape index (κ2) is 4.89. The molecule has 0 spiro atoms. The van der Waals surface area contributed by atoms with Gasteiger partial charge < -0.3 is 20.1 Å². The molecular weight excluding hydrogens is 306 g/mol. The first-order valence-corrected chi connectivity index (χ1v) is 7.48. The van der Waals surface area contributed by atoms with Crippen molar-refractivity contribution in [2.45, 2.75) is 0 Å². The summed E-state index contributed by atoms with van der Waals surface area (Å²) in [4.78, 5) is 0. The Balaban J connectivity index is 2.23. The van der Waals surface area contributed by atoms with E-state index in [9.17, 15) is 15.3 Å². The molecule has 1 heterocycles. The fraction of sp³-hybridized carbons (Fsp3) is 0.105. The van der Waals surface area contributed by atoms with Gasteiger partial charge in [-0.15, -0.1) is 0 Å². The molecule has 1 aromatic heterocycles. The predicted octanol–water partition coefficient (Wildman–Crippen LogP) is 3.10. The molecule has 0 aliphatic heterocycles. The van der Waals surface area contributed by atoms with E-state index >= 15 is 0 Å². The van der Waals surface area contributed by atoms with Crippen LogP contribution in [0.1, 0.15) is 0 Å². The molecular formula is C19H16NO4+. The zero-order valence-corrected chi connectivity index (χ0v) is 13.2. The first-order valence-electron chi connectivity index (χ1n) is 7.48. The maximum absolute atomic E-state index is 10.4. The van der Waals surface area contributed by atoms with Crippen LogP contribution < -0.4 is 9.30 Å². The highest BCUT2D eigenvalue weighted by atomic mass is 16.5. The molecule has 0 saturated heterocycles. The number of nitrogens with zero attached hydrogens (tertiary/aromatic N) is 1. The van der Waals surface area contributed by atoms with E-state index in [0.29, 0.717) is 11.1 Å². The van der Waals surface area contributed by atoms with Crippen molar-refractivity contribution < 1.29 is 24.6 Å². The fourth-order valence-corrected chi connectivity index (χ4v) is 3.31. The van der Waals surface area contributed by atoms with Crippen LogP contribution in [0.5, 0.6) is 23.0 Å². The molecule has 0 amide bonds. The number of rotatable bonds is 1. The van der Waals surface area contributed by atoms with Gasteiger partial charge in [0.1, 0.15) is 7.05 Å². The van der Waals surface area contributed by atoms with E-state index in [1.807, 2.05) is 36.0 Å². The van der Waals surface area contributed by atoms with Crippen molar-refractivity contribution >= 4 is 32.4 Å². The van der Waals surface area contributed by atoms with Gasteiger partial charge in [0.05, 0.1) is 23.3 Å². The van der Waals surface area contributed by atoms with Crippen LogP contribution in [0.15, 0.2) is 42.6 Å². The van der Waals surface area contributed by atoms with Crippen LogP contribution >= 0.6 is 0 Å². The Morgan fingerprint density at radius 2 is 1.54 bits per heavy atom. The zero-order valence-electron chi connectivity index (χ0n) is 13.2. The van der Waals surface area contributed by atoms with Crippen molar-refractivity contribution in [1.29, 1.82) is 0 Å². The second-order valence-electron chi connectivity index (χ2n) is 5.84. The van der Waals surface area contributed by atoms with Gasteiger partial charge in [-0.25, -0.2) is 0 Å². The monoisotopic (exact) mass is 322 g/mol. The third-order valence-electron chi connectivity index (χ3n) is 4.45. The molecule has 0 radical (unpaired) electrons. The van der Waals surface area contributed by atoms with Crippen LogP contribution in [0.25, 0.3) is 32.4 Å². The Bertz CT molecular complexity index is 1140. The number of aromatic hydroxyl groups is 3. The highest BCUT2D eigenvalue weighted by molar-refractivity contribution is 6.15. The highest BCUT2D eigenvalue weighted by Crippen LogP contribution is 2.39. The maximum Gasteiger partial charge on any atom is 0.220 e. The minimum absolute atomic E-state index is 0.0983.